The second-order valence-corrected chi connectivity index (χ2v) is 7.83. The average Bonchev–Trinajstić information content (AvgIpc) is 2.97. The van der Waals surface area contributed by atoms with Crippen LogP contribution in [-0.2, 0) is 4.79 Å². The van der Waals surface area contributed by atoms with Gasteiger partial charge in [-0.25, -0.2) is 17.9 Å². The van der Waals surface area contributed by atoms with Crippen molar-refractivity contribution in [1.82, 2.24) is 9.78 Å². The van der Waals surface area contributed by atoms with E-state index < -0.39 is 17.5 Å². The van der Waals surface area contributed by atoms with Crippen LogP contribution in [0.5, 0.6) is 0 Å². The fourth-order valence-corrected chi connectivity index (χ4v) is 4.13. The monoisotopic (exact) mass is 413 g/mol. The van der Waals surface area contributed by atoms with Crippen LogP contribution >= 0.6 is 35.3 Å². The molecule has 134 valence electrons. The standard InChI is InChI=1S/C16H10F3N3OS3/c17-9-1-4-11(5-2-9)22-16(24)26-15(21-22)25-8-14(23)20-13-6-3-10(18)7-12(13)19/h1-7H,8H2,(H,20,23). The number of hydrogen-bond acceptors (Lipinski definition) is 5. The van der Waals surface area contributed by atoms with Gasteiger partial charge in [-0.15, -0.1) is 5.10 Å². The summed E-state index contributed by atoms with van der Waals surface area (Å²) in [7, 11) is 0. The Bertz CT molecular complexity index is 1000. The lowest BCUT2D eigenvalue weighted by molar-refractivity contribution is -0.113. The van der Waals surface area contributed by atoms with Crippen molar-refractivity contribution in [2.24, 2.45) is 0 Å². The largest absolute Gasteiger partial charge is 0.323 e. The minimum Gasteiger partial charge on any atom is -0.323 e. The first-order valence-electron chi connectivity index (χ1n) is 7.16. The highest BCUT2D eigenvalue weighted by atomic mass is 32.2. The second-order valence-electron chi connectivity index (χ2n) is 4.98. The maximum absolute atomic E-state index is 13.5. The number of halogens is 3. The lowest BCUT2D eigenvalue weighted by atomic mass is 10.3. The van der Waals surface area contributed by atoms with Gasteiger partial charge in [0.15, 0.2) is 8.29 Å². The summed E-state index contributed by atoms with van der Waals surface area (Å²) in [5, 5.41) is 6.65. The number of aromatic nitrogens is 2. The zero-order valence-electron chi connectivity index (χ0n) is 12.9. The highest BCUT2D eigenvalue weighted by molar-refractivity contribution is 8.01. The SMILES string of the molecule is O=C(CSc1nn(-c2ccc(F)cc2)c(=S)s1)Nc1ccc(F)cc1F. The van der Waals surface area contributed by atoms with Gasteiger partial charge in [0.2, 0.25) is 5.91 Å². The van der Waals surface area contributed by atoms with Gasteiger partial charge >= 0.3 is 0 Å². The van der Waals surface area contributed by atoms with Crippen LogP contribution in [0.4, 0.5) is 18.9 Å². The van der Waals surface area contributed by atoms with Crippen molar-refractivity contribution in [3.05, 3.63) is 63.9 Å². The Labute approximate surface area is 159 Å². The molecule has 1 aromatic heterocycles. The van der Waals surface area contributed by atoms with Crippen molar-refractivity contribution in [1.29, 1.82) is 0 Å². The summed E-state index contributed by atoms with van der Waals surface area (Å²) < 4.78 is 41.8. The molecule has 26 heavy (non-hydrogen) atoms. The maximum atomic E-state index is 13.5. The molecule has 0 aliphatic carbocycles. The number of benzene rings is 2. The van der Waals surface area contributed by atoms with Crippen LogP contribution in [0.2, 0.25) is 0 Å². The molecule has 1 N–H and O–H groups in total. The molecule has 0 saturated carbocycles. The summed E-state index contributed by atoms with van der Waals surface area (Å²) in [6.07, 6.45) is 0. The fraction of sp³-hybridized carbons (Fsp3) is 0.0625. The van der Waals surface area contributed by atoms with Gasteiger partial charge in [-0.05, 0) is 48.6 Å². The van der Waals surface area contributed by atoms with E-state index in [1.54, 1.807) is 12.1 Å². The van der Waals surface area contributed by atoms with Gasteiger partial charge < -0.3 is 5.32 Å². The molecule has 0 spiro atoms. The molecular weight excluding hydrogens is 403 g/mol. The van der Waals surface area contributed by atoms with Gasteiger partial charge in [0.25, 0.3) is 0 Å². The van der Waals surface area contributed by atoms with Crippen molar-refractivity contribution < 1.29 is 18.0 Å². The lowest BCUT2D eigenvalue weighted by Crippen LogP contribution is -2.15. The van der Waals surface area contributed by atoms with Crippen LogP contribution in [0.25, 0.3) is 5.69 Å². The van der Waals surface area contributed by atoms with Crippen molar-refractivity contribution >= 4 is 46.9 Å². The summed E-state index contributed by atoms with van der Waals surface area (Å²) in [5.41, 5.74) is 0.513. The number of anilines is 1. The summed E-state index contributed by atoms with van der Waals surface area (Å²) in [6, 6.07) is 8.59. The molecule has 1 heterocycles. The number of rotatable bonds is 5. The Hall–Kier alpha value is -2.17. The van der Waals surface area contributed by atoms with Gasteiger partial charge in [0.05, 0.1) is 17.1 Å². The molecule has 0 atom stereocenters. The summed E-state index contributed by atoms with van der Waals surface area (Å²) >= 11 is 7.55. The maximum Gasteiger partial charge on any atom is 0.234 e. The van der Waals surface area contributed by atoms with Crippen LogP contribution in [0.15, 0.2) is 46.8 Å². The van der Waals surface area contributed by atoms with Crippen LogP contribution in [0.3, 0.4) is 0 Å². The van der Waals surface area contributed by atoms with Crippen LogP contribution < -0.4 is 5.32 Å². The minimum absolute atomic E-state index is 0.0253. The average molecular weight is 413 g/mol. The molecular formula is C16H10F3N3OS3. The third-order valence-corrected chi connectivity index (χ3v) is 5.50. The molecule has 3 aromatic rings. The van der Waals surface area contributed by atoms with Gasteiger partial charge in [-0.3, -0.25) is 4.79 Å². The van der Waals surface area contributed by atoms with Crippen LogP contribution in [0.1, 0.15) is 0 Å². The third kappa shape index (κ3) is 4.51. The highest BCUT2D eigenvalue weighted by Gasteiger charge is 2.11. The normalized spacial score (nSPS) is 10.7. The van der Waals surface area contributed by atoms with E-state index in [4.69, 9.17) is 12.2 Å². The molecule has 0 unspecified atom stereocenters. The minimum atomic E-state index is -0.848. The summed E-state index contributed by atoms with van der Waals surface area (Å²) in [6.45, 7) is 0. The summed E-state index contributed by atoms with van der Waals surface area (Å²) in [4.78, 5) is 11.9. The molecule has 1 amide bonds. The van der Waals surface area contributed by atoms with Gasteiger partial charge in [0, 0.05) is 6.07 Å². The first kappa shape index (κ1) is 18.6. The predicted octanol–water partition coefficient (Wildman–Crippen LogP) is 4.81. The van der Waals surface area contributed by atoms with E-state index in [-0.39, 0.29) is 17.3 Å². The number of nitrogens with zero attached hydrogens (tertiary/aromatic N) is 2. The molecule has 0 fully saturated rings. The Kier molecular flexibility index (Phi) is 5.74. The van der Waals surface area contributed by atoms with E-state index in [9.17, 15) is 18.0 Å². The fourth-order valence-electron chi connectivity index (χ4n) is 1.97. The van der Waals surface area contributed by atoms with Crippen molar-refractivity contribution in [2.45, 2.75) is 4.34 Å². The van der Waals surface area contributed by atoms with Gasteiger partial charge in [0.1, 0.15) is 17.5 Å². The Morgan fingerprint density at radius 3 is 2.54 bits per heavy atom. The Morgan fingerprint density at radius 1 is 1.15 bits per heavy atom. The Balaban J connectivity index is 1.64. The van der Waals surface area contributed by atoms with Crippen molar-refractivity contribution in [3.8, 4) is 5.69 Å². The zero-order chi connectivity index (χ0) is 18.7. The van der Waals surface area contributed by atoms with Crippen molar-refractivity contribution in [3.63, 3.8) is 0 Å². The molecule has 3 rings (SSSR count). The first-order chi connectivity index (χ1) is 12.4. The zero-order valence-corrected chi connectivity index (χ0v) is 15.4. The number of amides is 1. The third-order valence-electron chi connectivity index (χ3n) is 3.13. The molecule has 4 nitrogen and oxygen atoms in total. The van der Waals surface area contributed by atoms with E-state index in [1.807, 2.05) is 0 Å². The molecule has 10 heteroatoms. The molecule has 2 aromatic carbocycles. The van der Waals surface area contributed by atoms with E-state index in [1.165, 1.54) is 28.2 Å². The predicted molar refractivity (Wildman–Crippen MR) is 97.9 cm³/mol. The van der Waals surface area contributed by atoms with E-state index in [0.717, 1.165) is 23.9 Å². The molecule has 0 aliphatic rings. The first-order valence-corrected chi connectivity index (χ1v) is 9.37. The van der Waals surface area contributed by atoms with E-state index in [0.29, 0.717) is 20.0 Å². The highest BCUT2D eigenvalue weighted by Crippen LogP contribution is 2.24. The molecule has 0 radical (unpaired) electrons. The molecule has 0 bridgehead atoms. The number of carbonyl (C=O) groups excluding carboxylic acids is 1. The molecule has 0 saturated heterocycles. The number of carbonyl (C=O) groups is 1. The number of hydrogen-bond donors (Lipinski definition) is 1. The van der Waals surface area contributed by atoms with E-state index in [2.05, 4.69) is 10.4 Å². The number of thioether (sulfide) groups is 1. The van der Waals surface area contributed by atoms with Gasteiger partial charge in [-0.2, -0.15) is 0 Å². The van der Waals surface area contributed by atoms with Crippen molar-refractivity contribution in [2.75, 3.05) is 11.1 Å². The topological polar surface area (TPSA) is 46.9 Å². The molecule has 0 aliphatic heterocycles. The lowest BCUT2D eigenvalue weighted by Gasteiger charge is -2.05. The second kappa shape index (κ2) is 8.02. The Morgan fingerprint density at radius 2 is 1.85 bits per heavy atom. The van der Waals surface area contributed by atoms with Crippen LogP contribution in [-0.4, -0.2) is 21.4 Å². The summed E-state index contributed by atoms with van der Waals surface area (Å²) in [5.74, 6) is -2.42. The number of nitrogens with one attached hydrogen (secondary N) is 1. The van der Waals surface area contributed by atoms with Crippen LogP contribution in [0, 0.1) is 21.4 Å². The smallest absolute Gasteiger partial charge is 0.234 e. The van der Waals surface area contributed by atoms with Gasteiger partial charge in [-0.1, -0.05) is 23.1 Å². The quantitative estimate of drug-likeness (QED) is 0.482. The van der Waals surface area contributed by atoms with E-state index >= 15 is 0 Å².